The van der Waals surface area contributed by atoms with Crippen molar-refractivity contribution in [2.45, 2.75) is 125 Å². The number of hydrogen-bond acceptors (Lipinski definition) is 4. The third-order valence-electron chi connectivity index (χ3n) is 18.2. The van der Waals surface area contributed by atoms with Crippen LogP contribution in [0.25, 0.3) is 11.1 Å². The molecule has 9 aliphatic rings. The third kappa shape index (κ3) is 5.03. The number of carbonyl (C=O) groups is 1. The molecule has 0 saturated heterocycles. The summed E-state index contributed by atoms with van der Waals surface area (Å²) in [5.41, 5.74) is 11.9. The molecule has 288 valence electrons. The van der Waals surface area contributed by atoms with Crippen LogP contribution in [0.2, 0.25) is 0 Å². The lowest BCUT2D eigenvalue weighted by atomic mass is 9.47. The highest BCUT2D eigenvalue weighted by molar-refractivity contribution is 5.79. The fraction of sp³-hybridized carbons (Fsp3) is 0.588. The van der Waals surface area contributed by atoms with Crippen LogP contribution in [0.5, 0.6) is 0 Å². The lowest BCUT2D eigenvalue weighted by Gasteiger charge is -2.58. The molecule has 2 aromatic heterocycles. The molecule has 2 aromatic rings. The van der Waals surface area contributed by atoms with Gasteiger partial charge in [-0.1, -0.05) is 93.9 Å². The number of esters is 1. The molecule has 12 atom stereocenters. The summed E-state index contributed by atoms with van der Waals surface area (Å²) in [6, 6.07) is 8.54. The van der Waals surface area contributed by atoms with Crippen LogP contribution in [0.3, 0.4) is 0 Å². The molecule has 11 rings (SSSR count). The van der Waals surface area contributed by atoms with Gasteiger partial charge in [0.15, 0.2) is 0 Å². The Labute approximate surface area is 330 Å². The van der Waals surface area contributed by atoms with Crippen molar-refractivity contribution in [3.05, 3.63) is 107 Å². The lowest BCUT2D eigenvalue weighted by Crippen LogP contribution is -2.55. The summed E-state index contributed by atoms with van der Waals surface area (Å²) in [7, 11) is 0. The van der Waals surface area contributed by atoms with E-state index in [2.05, 4.69) is 93.2 Å². The topological polar surface area (TPSA) is 52.1 Å². The van der Waals surface area contributed by atoms with Gasteiger partial charge in [0.05, 0.1) is 0 Å². The normalized spacial score (nSPS) is 44.1. The number of pyridine rings is 2. The van der Waals surface area contributed by atoms with Gasteiger partial charge in [-0.2, -0.15) is 0 Å². The molecule has 1 spiro atoms. The maximum atomic E-state index is 12.0. The Bertz CT molecular complexity index is 2060. The first kappa shape index (κ1) is 35.9. The minimum absolute atomic E-state index is 0.0907. The van der Waals surface area contributed by atoms with Crippen LogP contribution >= 0.6 is 0 Å². The summed E-state index contributed by atoms with van der Waals surface area (Å²) in [5.74, 6) is 4.39. The summed E-state index contributed by atoms with van der Waals surface area (Å²) >= 11 is 0. The van der Waals surface area contributed by atoms with Gasteiger partial charge in [0.2, 0.25) is 0 Å². The summed E-state index contributed by atoms with van der Waals surface area (Å²) in [4.78, 5) is 20.7. The predicted octanol–water partition coefficient (Wildman–Crippen LogP) is 12.2. The first-order chi connectivity index (χ1) is 26.4. The molecule has 4 nitrogen and oxygen atoms in total. The van der Waals surface area contributed by atoms with Crippen LogP contribution < -0.4 is 0 Å². The Kier molecular flexibility index (Phi) is 8.14. The standard InChI is InChI=1S/C26H31NO2.C25H31N/c1-16(28)29-23-13-19-21-7-6-20(17-5-4-12-27-15-17)24(21,2)10-9-22(19)25(3)11-8-18-14-26(18,23)25;1-17-10-12-24(2)19(15-17)6-7-20-22-9-8-21(18-5-4-14-26-16-18)25(22,3)13-11-23(20)24/h4-7,12,15,18-19,22-23H,8-11,13-14H2,1-3H3;4-6,8-9,14,16-17,20,23H,7,10-13,15H2,1-3H3/t18?,19-,22-,23?,24+,25+,26?;17-,20+,23+,24+,25-/m01/s1. The van der Waals surface area contributed by atoms with Gasteiger partial charge in [-0.25, -0.2) is 0 Å². The number of carbonyl (C=O) groups excluding carboxylic acids is 1. The zero-order chi connectivity index (χ0) is 38.0. The predicted molar refractivity (Wildman–Crippen MR) is 221 cm³/mol. The minimum Gasteiger partial charge on any atom is -0.462 e. The molecular formula is C51H62N2O2. The second-order valence-corrected chi connectivity index (χ2v) is 20.5. The fourth-order valence-corrected chi connectivity index (χ4v) is 15.4. The molecule has 0 radical (unpaired) electrons. The van der Waals surface area contributed by atoms with E-state index >= 15 is 0 Å². The number of fused-ring (bicyclic) bond motifs is 9. The maximum absolute atomic E-state index is 12.0. The number of hydrogen-bond donors (Lipinski definition) is 0. The van der Waals surface area contributed by atoms with Gasteiger partial charge in [0.25, 0.3) is 0 Å². The van der Waals surface area contributed by atoms with E-state index in [4.69, 9.17) is 4.74 Å². The molecule has 0 bridgehead atoms. The van der Waals surface area contributed by atoms with Gasteiger partial charge in [0, 0.05) is 48.0 Å². The van der Waals surface area contributed by atoms with E-state index in [0.717, 1.165) is 36.0 Å². The van der Waals surface area contributed by atoms with Gasteiger partial charge in [-0.3, -0.25) is 14.8 Å². The average molecular weight is 735 g/mol. The third-order valence-corrected chi connectivity index (χ3v) is 18.2. The molecule has 9 aliphatic carbocycles. The molecule has 6 fully saturated rings. The van der Waals surface area contributed by atoms with E-state index in [9.17, 15) is 4.79 Å². The molecule has 55 heavy (non-hydrogen) atoms. The van der Waals surface area contributed by atoms with E-state index in [1.165, 1.54) is 92.9 Å². The molecule has 0 aromatic carbocycles. The van der Waals surface area contributed by atoms with E-state index in [0.29, 0.717) is 16.7 Å². The zero-order valence-electron chi connectivity index (χ0n) is 34.2. The first-order valence-corrected chi connectivity index (χ1v) is 22.0. The highest BCUT2D eigenvalue weighted by Crippen LogP contribution is 2.82. The van der Waals surface area contributed by atoms with Gasteiger partial charge in [-0.15, -0.1) is 0 Å². The Morgan fingerprint density at radius 3 is 2.00 bits per heavy atom. The molecule has 0 aliphatic heterocycles. The molecule has 3 unspecified atom stereocenters. The van der Waals surface area contributed by atoms with E-state index in [1.807, 2.05) is 30.9 Å². The fourth-order valence-electron chi connectivity index (χ4n) is 15.4. The summed E-state index contributed by atoms with van der Waals surface area (Å²) in [5, 5.41) is 0. The van der Waals surface area contributed by atoms with Crippen LogP contribution in [0.15, 0.2) is 96.2 Å². The van der Waals surface area contributed by atoms with E-state index < -0.39 is 0 Å². The maximum Gasteiger partial charge on any atom is 0.302 e. The van der Waals surface area contributed by atoms with Crippen LogP contribution in [-0.2, 0) is 9.53 Å². The largest absolute Gasteiger partial charge is 0.462 e. The van der Waals surface area contributed by atoms with Crippen molar-refractivity contribution in [1.82, 2.24) is 9.97 Å². The van der Waals surface area contributed by atoms with E-state index in [1.54, 1.807) is 23.6 Å². The molecular weight excluding hydrogens is 673 g/mol. The van der Waals surface area contributed by atoms with Crippen LogP contribution in [0.4, 0.5) is 0 Å². The van der Waals surface area contributed by atoms with Crippen LogP contribution in [0.1, 0.15) is 130 Å². The van der Waals surface area contributed by atoms with Gasteiger partial charge in [-0.05, 0) is 158 Å². The minimum atomic E-state index is -0.101. The number of aromatic nitrogens is 2. The highest BCUT2D eigenvalue weighted by Gasteiger charge is 2.77. The van der Waals surface area contributed by atoms with E-state index in [-0.39, 0.29) is 28.3 Å². The second kappa shape index (κ2) is 12.5. The zero-order valence-corrected chi connectivity index (χ0v) is 34.2. The van der Waals surface area contributed by atoms with Crippen LogP contribution in [0, 0.1) is 62.6 Å². The van der Waals surface area contributed by atoms with Crippen molar-refractivity contribution in [2.75, 3.05) is 0 Å². The van der Waals surface area contributed by atoms with Crippen molar-refractivity contribution < 1.29 is 9.53 Å². The number of nitrogens with zero attached hydrogens (tertiary/aromatic N) is 2. The first-order valence-electron chi connectivity index (χ1n) is 22.0. The Morgan fingerprint density at radius 1 is 0.764 bits per heavy atom. The number of allylic oxidation sites excluding steroid dienone is 10. The smallest absolute Gasteiger partial charge is 0.302 e. The molecule has 0 amide bonds. The monoisotopic (exact) mass is 734 g/mol. The van der Waals surface area contributed by atoms with Crippen molar-refractivity contribution in [3.8, 4) is 0 Å². The van der Waals surface area contributed by atoms with Crippen LogP contribution in [-0.4, -0.2) is 22.0 Å². The summed E-state index contributed by atoms with van der Waals surface area (Å²) in [6.45, 7) is 14.1. The Morgan fingerprint density at radius 2 is 1.40 bits per heavy atom. The summed E-state index contributed by atoms with van der Waals surface area (Å²) in [6.07, 6.45) is 35.7. The molecule has 2 heterocycles. The van der Waals surface area contributed by atoms with Crippen molar-refractivity contribution in [2.24, 2.45) is 62.6 Å². The average Bonchev–Trinajstić information content (AvgIpc) is 3.47. The SMILES string of the molecule is CC(=O)OC1C[C@H]2C3=CC=C(c4cccnc4)[C@@]3(C)CC[C@@H]2[C@@]2(C)CCC3CC312.C[C@@H]1CC[C@@]2(C)C(=CC[C@H]3C4=CC=C(c5cccnc5)[C@@]4(C)CC[C@@H]32)C1. The van der Waals surface area contributed by atoms with Crippen molar-refractivity contribution >= 4 is 17.1 Å². The Hall–Kier alpha value is -3.53. The quantitative estimate of drug-likeness (QED) is 0.233. The number of ether oxygens (including phenoxy) is 1. The van der Waals surface area contributed by atoms with Gasteiger partial charge >= 0.3 is 5.97 Å². The second-order valence-electron chi connectivity index (χ2n) is 20.5. The van der Waals surface area contributed by atoms with Crippen molar-refractivity contribution in [3.63, 3.8) is 0 Å². The van der Waals surface area contributed by atoms with Gasteiger partial charge < -0.3 is 4.74 Å². The molecule has 4 heteroatoms. The van der Waals surface area contributed by atoms with Crippen molar-refractivity contribution in [1.29, 1.82) is 0 Å². The molecule has 0 N–H and O–H groups in total. The Balaban J connectivity index is 0.000000136. The number of rotatable bonds is 3. The van der Waals surface area contributed by atoms with Gasteiger partial charge in [0.1, 0.15) is 6.10 Å². The summed E-state index contributed by atoms with van der Waals surface area (Å²) < 4.78 is 6.06. The molecule has 6 saturated carbocycles. The highest BCUT2D eigenvalue weighted by atomic mass is 16.5. The lowest BCUT2D eigenvalue weighted by molar-refractivity contribution is -0.167.